The van der Waals surface area contributed by atoms with Crippen molar-refractivity contribution in [3.05, 3.63) is 24.5 Å². The van der Waals surface area contributed by atoms with E-state index in [-0.39, 0.29) is 12.2 Å². The number of nitrogens with zero attached hydrogens (tertiary/aromatic N) is 2. The number of aromatic amines is 1. The number of nitrogens with one attached hydrogen (secondary N) is 1. The first kappa shape index (κ1) is 10.6. The molecule has 1 aromatic heterocycles. The predicted molar refractivity (Wildman–Crippen MR) is 68.3 cm³/mol. The summed E-state index contributed by atoms with van der Waals surface area (Å²) < 4.78 is 5.76. The Hall–Kier alpha value is -1.55. The van der Waals surface area contributed by atoms with Gasteiger partial charge in [-0.2, -0.15) is 0 Å². The van der Waals surface area contributed by atoms with E-state index in [0.29, 0.717) is 0 Å². The number of hydrogen-bond donors (Lipinski definition) is 1. The maximum absolute atomic E-state index is 5.76. The summed E-state index contributed by atoms with van der Waals surface area (Å²) in [4.78, 5) is 9.92. The maximum Gasteiger partial charge on any atom is 0.112 e. The minimum Gasteiger partial charge on any atom is -0.372 e. The third-order valence-electron chi connectivity index (χ3n) is 3.19. The van der Waals surface area contributed by atoms with Crippen LogP contribution in [0.2, 0.25) is 0 Å². The van der Waals surface area contributed by atoms with Crippen molar-refractivity contribution in [1.29, 1.82) is 0 Å². The van der Waals surface area contributed by atoms with Crippen molar-refractivity contribution in [2.75, 3.05) is 18.0 Å². The topological polar surface area (TPSA) is 41.2 Å². The Kier molecular flexibility index (Phi) is 2.52. The van der Waals surface area contributed by atoms with Crippen molar-refractivity contribution in [3.63, 3.8) is 0 Å². The molecule has 1 aliphatic rings. The van der Waals surface area contributed by atoms with Crippen LogP contribution in [0.15, 0.2) is 24.5 Å². The van der Waals surface area contributed by atoms with Crippen molar-refractivity contribution in [2.24, 2.45) is 0 Å². The van der Waals surface area contributed by atoms with Gasteiger partial charge in [-0.05, 0) is 26.0 Å². The molecule has 1 saturated heterocycles. The number of imidazole rings is 1. The molecule has 3 rings (SSSR count). The molecule has 2 heterocycles. The highest BCUT2D eigenvalue weighted by Gasteiger charge is 2.23. The quantitative estimate of drug-likeness (QED) is 0.817. The summed E-state index contributed by atoms with van der Waals surface area (Å²) in [7, 11) is 0. The molecule has 0 radical (unpaired) electrons. The zero-order valence-corrected chi connectivity index (χ0v) is 10.2. The minimum atomic E-state index is 0.271. The van der Waals surface area contributed by atoms with Gasteiger partial charge >= 0.3 is 0 Å². The first-order valence-corrected chi connectivity index (χ1v) is 6.06. The average molecular weight is 231 g/mol. The molecule has 4 heteroatoms. The highest BCUT2D eigenvalue weighted by Crippen LogP contribution is 2.26. The molecule has 1 aliphatic heterocycles. The highest BCUT2D eigenvalue weighted by atomic mass is 16.5. The number of rotatable bonds is 1. The number of aromatic nitrogens is 2. The number of fused-ring (bicyclic) bond motifs is 1. The van der Waals surface area contributed by atoms with E-state index in [0.717, 1.165) is 24.1 Å². The molecule has 0 aliphatic carbocycles. The van der Waals surface area contributed by atoms with E-state index in [1.165, 1.54) is 5.69 Å². The molecule has 0 unspecified atom stereocenters. The fourth-order valence-corrected chi connectivity index (χ4v) is 2.58. The van der Waals surface area contributed by atoms with Crippen molar-refractivity contribution in [3.8, 4) is 0 Å². The Labute approximate surface area is 101 Å². The van der Waals surface area contributed by atoms with Crippen LogP contribution in [0.5, 0.6) is 0 Å². The lowest BCUT2D eigenvalue weighted by molar-refractivity contribution is -0.00513. The molecule has 0 amide bonds. The van der Waals surface area contributed by atoms with Gasteiger partial charge in [0.25, 0.3) is 0 Å². The third kappa shape index (κ3) is 1.89. The van der Waals surface area contributed by atoms with Gasteiger partial charge in [0.15, 0.2) is 0 Å². The Bertz CT molecular complexity index is 512. The van der Waals surface area contributed by atoms with Gasteiger partial charge in [-0.1, -0.05) is 6.07 Å². The molecule has 90 valence electrons. The van der Waals surface area contributed by atoms with Gasteiger partial charge in [0.05, 0.1) is 29.7 Å². The lowest BCUT2D eigenvalue weighted by atomic mass is 10.2. The van der Waals surface area contributed by atoms with Crippen LogP contribution in [0.25, 0.3) is 11.0 Å². The number of benzene rings is 1. The van der Waals surface area contributed by atoms with Crippen molar-refractivity contribution >= 4 is 16.7 Å². The van der Waals surface area contributed by atoms with E-state index in [4.69, 9.17) is 4.74 Å². The molecule has 0 spiro atoms. The van der Waals surface area contributed by atoms with E-state index in [1.54, 1.807) is 6.33 Å². The summed E-state index contributed by atoms with van der Waals surface area (Å²) in [6.45, 7) is 6.09. The normalized spacial score (nSPS) is 25.4. The summed E-state index contributed by atoms with van der Waals surface area (Å²) in [5.41, 5.74) is 3.34. The van der Waals surface area contributed by atoms with E-state index >= 15 is 0 Å². The molecule has 2 aromatic rings. The molecule has 0 saturated carbocycles. The second-order valence-electron chi connectivity index (χ2n) is 4.74. The summed E-state index contributed by atoms with van der Waals surface area (Å²) in [5.74, 6) is 0. The summed E-state index contributed by atoms with van der Waals surface area (Å²) >= 11 is 0. The van der Waals surface area contributed by atoms with Crippen molar-refractivity contribution in [1.82, 2.24) is 9.97 Å². The van der Waals surface area contributed by atoms with Crippen molar-refractivity contribution < 1.29 is 4.74 Å². The zero-order valence-electron chi connectivity index (χ0n) is 10.2. The number of H-pyrrole nitrogens is 1. The molecule has 17 heavy (non-hydrogen) atoms. The SMILES string of the molecule is C[C@@H]1CN(c2cccc3[nH]cnc23)C[C@H](C)O1. The largest absolute Gasteiger partial charge is 0.372 e. The van der Waals surface area contributed by atoms with Crippen LogP contribution >= 0.6 is 0 Å². The molecular weight excluding hydrogens is 214 g/mol. The van der Waals surface area contributed by atoms with Crippen LogP contribution < -0.4 is 4.90 Å². The zero-order chi connectivity index (χ0) is 11.8. The number of anilines is 1. The van der Waals surface area contributed by atoms with Crippen LogP contribution in [0.4, 0.5) is 5.69 Å². The highest BCUT2D eigenvalue weighted by molar-refractivity contribution is 5.88. The maximum atomic E-state index is 5.76. The van der Waals surface area contributed by atoms with E-state index < -0.39 is 0 Å². The van der Waals surface area contributed by atoms with Gasteiger partial charge in [0.1, 0.15) is 5.52 Å². The molecule has 1 N–H and O–H groups in total. The van der Waals surface area contributed by atoms with E-state index in [2.05, 4.69) is 46.9 Å². The minimum absolute atomic E-state index is 0.271. The monoisotopic (exact) mass is 231 g/mol. The molecule has 4 nitrogen and oxygen atoms in total. The average Bonchev–Trinajstić information content (AvgIpc) is 2.75. The Morgan fingerprint density at radius 3 is 2.82 bits per heavy atom. The van der Waals surface area contributed by atoms with E-state index in [9.17, 15) is 0 Å². The van der Waals surface area contributed by atoms with Gasteiger partial charge in [0.2, 0.25) is 0 Å². The smallest absolute Gasteiger partial charge is 0.112 e. The van der Waals surface area contributed by atoms with E-state index in [1.807, 2.05) is 0 Å². The first-order chi connectivity index (χ1) is 8.24. The van der Waals surface area contributed by atoms with Crippen LogP contribution in [0, 0.1) is 0 Å². The predicted octanol–water partition coefficient (Wildman–Crippen LogP) is 2.18. The lowest BCUT2D eigenvalue weighted by Crippen LogP contribution is -2.45. The standard InChI is InChI=1S/C13H17N3O/c1-9-6-16(7-10(2)17-9)12-5-3-4-11-13(12)15-8-14-11/h3-5,8-10H,6-7H2,1-2H3,(H,14,15)/t9-,10+. The Morgan fingerprint density at radius 2 is 2.06 bits per heavy atom. The van der Waals surface area contributed by atoms with Crippen LogP contribution in [0.1, 0.15) is 13.8 Å². The van der Waals surface area contributed by atoms with Gasteiger partial charge in [-0.15, -0.1) is 0 Å². The Balaban J connectivity index is 2.00. The second kappa shape index (κ2) is 4.04. The number of hydrogen-bond acceptors (Lipinski definition) is 3. The number of morpholine rings is 1. The summed E-state index contributed by atoms with van der Waals surface area (Å²) in [6, 6.07) is 6.26. The van der Waals surface area contributed by atoms with Crippen LogP contribution in [0.3, 0.4) is 0 Å². The fraction of sp³-hybridized carbons (Fsp3) is 0.462. The second-order valence-corrected chi connectivity index (χ2v) is 4.74. The van der Waals surface area contributed by atoms with Gasteiger partial charge in [0, 0.05) is 13.1 Å². The molecule has 1 fully saturated rings. The van der Waals surface area contributed by atoms with Crippen molar-refractivity contribution in [2.45, 2.75) is 26.1 Å². The number of para-hydroxylation sites is 1. The van der Waals surface area contributed by atoms with Gasteiger partial charge < -0.3 is 14.6 Å². The lowest BCUT2D eigenvalue weighted by Gasteiger charge is -2.36. The fourth-order valence-electron chi connectivity index (χ4n) is 2.58. The summed E-state index contributed by atoms with van der Waals surface area (Å²) in [6.07, 6.45) is 2.29. The van der Waals surface area contributed by atoms with Crippen LogP contribution in [-0.2, 0) is 4.74 Å². The molecule has 1 aromatic carbocycles. The summed E-state index contributed by atoms with van der Waals surface area (Å²) in [5, 5.41) is 0. The molecule has 0 bridgehead atoms. The van der Waals surface area contributed by atoms with Gasteiger partial charge in [-0.3, -0.25) is 0 Å². The third-order valence-corrected chi connectivity index (χ3v) is 3.19. The molecular formula is C13H17N3O. The Morgan fingerprint density at radius 1 is 1.29 bits per heavy atom. The van der Waals surface area contributed by atoms with Gasteiger partial charge in [-0.25, -0.2) is 4.98 Å². The van der Waals surface area contributed by atoms with Crippen LogP contribution in [-0.4, -0.2) is 35.3 Å². The first-order valence-electron chi connectivity index (χ1n) is 6.06. The number of ether oxygens (including phenoxy) is 1. The molecule has 2 atom stereocenters.